The van der Waals surface area contributed by atoms with Crippen LogP contribution in [0.4, 0.5) is 5.69 Å². The second kappa shape index (κ2) is 8.48. The van der Waals surface area contributed by atoms with E-state index in [0.29, 0.717) is 17.1 Å². The van der Waals surface area contributed by atoms with Crippen LogP contribution in [0.2, 0.25) is 0 Å². The highest BCUT2D eigenvalue weighted by molar-refractivity contribution is 6.17. The summed E-state index contributed by atoms with van der Waals surface area (Å²) < 4.78 is 15.7. The molecule has 0 aliphatic carbocycles. The average Bonchev–Trinajstić information content (AvgIpc) is 2.65. The standard InChI is InChI=1S/C19H17NO6/c1-4-5-16(13-6-11-17(24-2)18(12-13)25-3)19(21)26-15-9-7-14(8-10-15)20(22)23/h4-12H,1H2,2-3H3. The van der Waals surface area contributed by atoms with Gasteiger partial charge in [0.25, 0.3) is 5.69 Å². The Balaban J connectivity index is 2.29. The number of nitrogens with zero attached hydrogens (tertiary/aromatic N) is 1. The fourth-order valence-electron chi connectivity index (χ4n) is 2.20. The van der Waals surface area contributed by atoms with Crippen molar-refractivity contribution >= 4 is 17.2 Å². The number of carbonyl (C=O) groups excluding carboxylic acids is 1. The first-order valence-electron chi connectivity index (χ1n) is 7.52. The highest BCUT2D eigenvalue weighted by Crippen LogP contribution is 2.31. The first-order chi connectivity index (χ1) is 12.5. The Labute approximate surface area is 150 Å². The van der Waals surface area contributed by atoms with Crippen LogP contribution in [0.3, 0.4) is 0 Å². The van der Waals surface area contributed by atoms with Gasteiger partial charge in [-0.1, -0.05) is 18.7 Å². The van der Waals surface area contributed by atoms with E-state index in [1.54, 1.807) is 18.2 Å². The van der Waals surface area contributed by atoms with Crippen molar-refractivity contribution in [1.29, 1.82) is 0 Å². The second-order valence-corrected chi connectivity index (χ2v) is 5.03. The van der Waals surface area contributed by atoms with Crippen LogP contribution in [0.25, 0.3) is 5.57 Å². The molecule has 0 unspecified atom stereocenters. The topological polar surface area (TPSA) is 87.9 Å². The number of nitro benzene ring substituents is 1. The number of ether oxygens (including phenoxy) is 3. The minimum absolute atomic E-state index is 0.0912. The molecule has 0 fully saturated rings. The van der Waals surface area contributed by atoms with Crippen molar-refractivity contribution < 1.29 is 23.9 Å². The van der Waals surface area contributed by atoms with Gasteiger partial charge in [-0.3, -0.25) is 10.1 Å². The Kier molecular flexibility index (Phi) is 6.10. The fourth-order valence-corrected chi connectivity index (χ4v) is 2.20. The van der Waals surface area contributed by atoms with Crippen LogP contribution >= 0.6 is 0 Å². The number of nitro groups is 1. The van der Waals surface area contributed by atoms with E-state index < -0.39 is 10.9 Å². The van der Waals surface area contributed by atoms with Crippen LogP contribution in [-0.4, -0.2) is 25.1 Å². The van der Waals surface area contributed by atoms with Gasteiger partial charge < -0.3 is 14.2 Å². The number of methoxy groups -OCH3 is 2. The normalized spacial score (nSPS) is 10.8. The summed E-state index contributed by atoms with van der Waals surface area (Å²) in [5, 5.41) is 10.7. The largest absolute Gasteiger partial charge is 0.493 e. The lowest BCUT2D eigenvalue weighted by molar-refractivity contribution is -0.384. The van der Waals surface area contributed by atoms with E-state index in [4.69, 9.17) is 14.2 Å². The van der Waals surface area contributed by atoms with Crippen molar-refractivity contribution in [2.24, 2.45) is 0 Å². The van der Waals surface area contributed by atoms with Crippen molar-refractivity contribution in [2.45, 2.75) is 0 Å². The SMILES string of the molecule is C=CC=C(C(=O)Oc1ccc([N+](=O)[O-])cc1)c1ccc(OC)c(OC)c1. The smallest absolute Gasteiger partial charge is 0.344 e. The van der Waals surface area contributed by atoms with Gasteiger partial charge in [-0.15, -0.1) is 0 Å². The van der Waals surface area contributed by atoms with E-state index in [-0.39, 0.29) is 17.0 Å². The Morgan fingerprint density at radius 3 is 2.27 bits per heavy atom. The Hall–Kier alpha value is -3.61. The molecule has 0 N–H and O–H groups in total. The molecule has 26 heavy (non-hydrogen) atoms. The second-order valence-electron chi connectivity index (χ2n) is 5.03. The summed E-state index contributed by atoms with van der Waals surface area (Å²) in [6, 6.07) is 10.2. The molecule has 2 aromatic carbocycles. The molecule has 2 aromatic rings. The van der Waals surface area contributed by atoms with E-state index in [1.165, 1.54) is 50.6 Å². The van der Waals surface area contributed by atoms with Crippen LogP contribution in [-0.2, 0) is 4.79 Å². The van der Waals surface area contributed by atoms with Crippen molar-refractivity contribution in [2.75, 3.05) is 14.2 Å². The maximum atomic E-state index is 12.5. The first-order valence-corrected chi connectivity index (χ1v) is 7.52. The Morgan fingerprint density at radius 1 is 1.08 bits per heavy atom. The number of allylic oxidation sites excluding steroid dienone is 2. The molecule has 2 rings (SSSR count). The molecule has 7 nitrogen and oxygen atoms in total. The molecule has 0 aliphatic heterocycles. The maximum absolute atomic E-state index is 12.5. The molecule has 0 saturated heterocycles. The quantitative estimate of drug-likeness (QED) is 0.187. The maximum Gasteiger partial charge on any atom is 0.344 e. The minimum atomic E-state index is -0.633. The van der Waals surface area contributed by atoms with Crippen LogP contribution in [0.15, 0.2) is 61.2 Å². The van der Waals surface area contributed by atoms with E-state index in [0.717, 1.165) is 0 Å². The molecule has 0 heterocycles. The van der Waals surface area contributed by atoms with Gasteiger partial charge >= 0.3 is 5.97 Å². The molecular weight excluding hydrogens is 338 g/mol. The molecule has 0 atom stereocenters. The van der Waals surface area contributed by atoms with Crippen molar-refractivity contribution in [3.63, 3.8) is 0 Å². The predicted octanol–water partition coefficient (Wildman–Crippen LogP) is 3.79. The van der Waals surface area contributed by atoms with E-state index in [1.807, 2.05) is 0 Å². The first kappa shape index (κ1) is 18.7. The zero-order valence-corrected chi connectivity index (χ0v) is 14.3. The van der Waals surface area contributed by atoms with E-state index in [2.05, 4.69) is 6.58 Å². The molecule has 134 valence electrons. The van der Waals surface area contributed by atoms with Gasteiger partial charge in [-0.05, 0) is 35.9 Å². The van der Waals surface area contributed by atoms with Crippen LogP contribution in [0.1, 0.15) is 5.56 Å². The lowest BCUT2D eigenvalue weighted by Crippen LogP contribution is -2.10. The lowest BCUT2D eigenvalue weighted by Gasteiger charge is -2.12. The molecule has 0 spiro atoms. The highest BCUT2D eigenvalue weighted by Gasteiger charge is 2.17. The number of rotatable bonds is 7. The summed E-state index contributed by atoms with van der Waals surface area (Å²) in [5.41, 5.74) is 0.709. The molecular formula is C19H17NO6. The van der Waals surface area contributed by atoms with Crippen molar-refractivity contribution in [3.05, 3.63) is 76.9 Å². The summed E-state index contributed by atoms with van der Waals surface area (Å²) >= 11 is 0. The predicted molar refractivity (Wildman–Crippen MR) is 96.5 cm³/mol. The number of carbonyl (C=O) groups is 1. The van der Waals surface area contributed by atoms with Crippen LogP contribution in [0, 0.1) is 10.1 Å². The fraction of sp³-hybridized carbons (Fsp3) is 0.105. The molecule has 0 amide bonds. The molecule has 0 saturated carbocycles. The van der Waals surface area contributed by atoms with Gasteiger partial charge in [-0.2, -0.15) is 0 Å². The van der Waals surface area contributed by atoms with Gasteiger partial charge in [0.05, 0.1) is 24.7 Å². The summed E-state index contributed by atoms with van der Waals surface area (Å²) in [6.45, 7) is 3.61. The Bertz CT molecular complexity index is 855. The average molecular weight is 355 g/mol. The van der Waals surface area contributed by atoms with Gasteiger partial charge in [0, 0.05) is 12.1 Å². The highest BCUT2D eigenvalue weighted by atomic mass is 16.6. The van der Waals surface area contributed by atoms with Gasteiger partial charge in [-0.25, -0.2) is 4.79 Å². The zero-order valence-electron chi connectivity index (χ0n) is 14.3. The third kappa shape index (κ3) is 4.27. The van der Waals surface area contributed by atoms with E-state index >= 15 is 0 Å². The van der Waals surface area contributed by atoms with Gasteiger partial charge in [0.1, 0.15) is 5.75 Å². The molecule has 0 radical (unpaired) electrons. The molecule has 0 aromatic heterocycles. The van der Waals surface area contributed by atoms with Gasteiger partial charge in [0.15, 0.2) is 11.5 Å². The van der Waals surface area contributed by atoms with Crippen molar-refractivity contribution in [1.82, 2.24) is 0 Å². The molecule has 7 heteroatoms. The summed E-state index contributed by atoms with van der Waals surface area (Å²) in [7, 11) is 3.01. The van der Waals surface area contributed by atoms with Crippen LogP contribution in [0.5, 0.6) is 17.2 Å². The third-order valence-electron chi connectivity index (χ3n) is 3.46. The van der Waals surface area contributed by atoms with Gasteiger partial charge in [0.2, 0.25) is 0 Å². The zero-order chi connectivity index (χ0) is 19.1. The molecule has 0 aliphatic rings. The lowest BCUT2D eigenvalue weighted by atomic mass is 10.0. The number of esters is 1. The number of non-ortho nitro benzene ring substituents is 1. The number of hydrogen-bond acceptors (Lipinski definition) is 6. The third-order valence-corrected chi connectivity index (χ3v) is 3.46. The number of hydrogen-bond donors (Lipinski definition) is 0. The van der Waals surface area contributed by atoms with Crippen LogP contribution < -0.4 is 14.2 Å². The molecule has 0 bridgehead atoms. The van der Waals surface area contributed by atoms with E-state index in [9.17, 15) is 14.9 Å². The summed E-state index contributed by atoms with van der Waals surface area (Å²) in [5.74, 6) is 0.544. The monoisotopic (exact) mass is 355 g/mol. The van der Waals surface area contributed by atoms with Crippen molar-refractivity contribution in [3.8, 4) is 17.2 Å². The number of benzene rings is 2. The summed E-state index contributed by atoms with van der Waals surface area (Å²) in [4.78, 5) is 22.7. The minimum Gasteiger partial charge on any atom is -0.493 e. The summed E-state index contributed by atoms with van der Waals surface area (Å²) in [6.07, 6.45) is 2.97. The Morgan fingerprint density at radius 2 is 1.73 bits per heavy atom.